The molecule has 2 N–H and O–H groups in total. The first kappa shape index (κ1) is 18.3. The van der Waals surface area contributed by atoms with E-state index < -0.39 is 14.7 Å². The van der Waals surface area contributed by atoms with E-state index in [-0.39, 0.29) is 0 Å². The summed E-state index contributed by atoms with van der Waals surface area (Å²) in [6.07, 6.45) is 0.229. The number of likely N-dealkylation sites (N-methyl/N-ethyl adjacent to an activating group) is 1. The number of aliphatic hydroxyl groups excluding tert-OH is 1. The lowest BCUT2D eigenvalue weighted by atomic mass is 10.3. The third-order valence-corrected chi connectivity index (χ3v) is 5.18. The first-order valence-corrected chi connectivity index (χ1v) is 9.60. The van der Waals surface area contributed by atoms with E-state index >= 15 is 0 Å². The van der Waals surface area contributed by atoms with Gasteiger partial charge in [-0.25, -0.2) is 0 Å². The van der Waals surface area contributed by atoms with Crippen molar-refractivity contribution in [1.82, 2.24) is 4.90 Å². The predicted molar refractivity (Wildman–Crippen MR) is 85.9 cm³/mol. The molecule has 1 aromatic rings. The molecule has 2 unspecified atom stereocenters. The van der Waals surface area contributed by atoms with E-state index in [1.165, 1.54) is 0 Å². The maximum absolute atomic E-state index is 10.4. The van der Waals surface area contributed by atoms with Crippen LogP contribution in [0.5, 0.6) is 0 Å². The Labute approximate surface area is 128 Å². The van der Waals surface area contributed by atoms with E-state index in [0.29, 0.717) is 32.8 Å². The highest BCUT2D eigenvalue weighted by Crippen LogP contribution is 2.02. The Balaban J connectivity index is 2.14. The Hall–Kier alpha value is -0.763. The van der Waals surface area contributed by atoms with Crippen LogP contribution in [0.15, 0.2) is 30.3 Å². The molecule has 120 valence electrons. The number of hydrogen-bond acceptors (Lipinski definition) is 5. The molecule has 5 nitrogen and oxygen atoms in total. The minimum Gasteiger partial charge on any atom is -0.407 e. The molecule has 0 heterocycles. The van der Waals surface area contributed by atoms with Gasteiger partial charge in [0.05, 0.1) is 12.7 Å². The first-order valence-electron chi connectivity index (χ1n) is 7.24. The van der Waals surface area contributed by atoms with Crippen LogP contribution in [0, 0.1) is 0 Å². The van der Waals surface area contributed by atoms with E-state index in [4.69, 9.17) is 9.16 Å². The lowest BCUT2D eigenvalue weighted by Gasteiger charge is -2.21. The Kier molecular flexibility index (Phi) is 8.09. The molecule has 0 aromatic heterocycles. The van der Waals surface area contributed by atoms with Crippen molar-refractivity contribution in [3.63, 3.8) is 0 Å². The molecule has 21 heavy (non-hydrogen) atoms. The van der Waals surface area contributed by atoms with Gasteiger partial charge in [-0.1, -0.05) is 30.3 Å². The molecule has 0 aliphatic carbocycles. The molecule has 0 bridgehead atoms. The molecule has 0 saturated heterocycles. The molecule has 0 fully saturated rings. The van der Waals surface area contributed by atoms with Crippen LogP contribution in [0.2, 0.25) is 6.55 Å². The van der Waals surface area contributed by atoms with Crippen molar-refractivity contribution < 1.29 is 19.1 Å². The molecule has 0 radical (unpaired) electrons. The maximum atomic E-state index is 10.4. The summed E-state index contributed by atoms with van der Waals surface area (Å²) in [5.74, 6) is 0. The summed E-state index contributed by atoms with van der Waals surface area (Å²) >= 11 is 0. The van der Waals surface area contributed by atoms with Gasteiger partial charge in [0, 0.05) is 19.8 Å². The fourth-order valence-electron chi connectivity index (χ4n) is 1.96. The Morgan fingerprint density at radius 3 is 2.48 bits per heavy atom. The van der Waals surface area contributed by atoms with E-state index in [1.54, 1.807) is 6.55 Å². The lowest BCUT2D eigenvalue weighted by molar-refractivity contribution is 0.0198. The number of nitrogens with zero attached hydrogens (tertiary/aromatic N) is 1. The van der Waals surface area contributed by atoms with Gasteiger partial charge in [-0.3, -0.25) is 0 Å². The lowest BCUT2D eigenvalue weighted by Crippen LogP contribution is -2.48. The zero-order chi connectivity index (χ0) is 15.7. The summed E-state index contributed by atoms with van der Waals surface area (Å²) in [7, 11) is 1.03. The number of hydrogen-bond donors (Lipinski definition) is 2. The molecule has 0 spiro atoms. The monoisotopic (exact) mass is 313 g/mol. The molecular weight excluding hydrogens is 286 g/mol. The van der Waals surface area contributed by atoms with Gasteiger partial charge in [-0.15, -0.1) is 0 Å². The number of rotatable bonds is 10. The fourth-order valence-corrected chi connectivity index (χ4v) is 3.48. The van der Waals surface area contributed by atoms with Gasteiger partial charge in [0.25, 0.3) is 0 Å². The minimum absolute atomic E-state index is 0.324. The van der Waals surface area contributed by atoms with Crippen LogP contribution >= 0.6 is 0 Å². The van der Waals surface area contributed by atoms with Crippen LogP contribution in [0.25, 0.3) is 0 Å². The predicted octanol–water partition coefficient (Wildman–Crippen LogP) is 0.304. The highest BCUT2D eigenvalue weighted by Gasteiger charge is 2.29. The quantitative estimate of drug-likeness (QED) is 0.481. The van der Waals surface area contributed by atoms with Crippen LogP contribution in [0.1, 0.15) is 6.42 Å². The second-order valence-corrected chi connectivity index (χ2v) is 8.37. The third-order valence-electron chi connectivity index (χ3n) is 3.01. The molecule has 0 aliphatic heterocycles. The second kappa shape index (κ2) is 9.29. The molecule has 1 rings (SSSR count). The standard InChI is InChI=1S/C15H27NO4Si/c1-16(2)12-14(17)13-19-10-7-11-20-21(3,18)15-8-5-4-6-9-15/h4-6,8-9,14,17-18H,7,10-13H2,1-3H3. The van der Waals surface area contributed by atoms with Crippen molar-refractivity contribution in [2.75, 3.05) is 40.5 Å². The van der Waals surface area contributed by atoms with Gasteiger partial charge in [0.15, 0.2) is 0 Å². The SMILES string of the molecule is CN(C)CC(O)COCCCO[Si](C)(O)c1ccccc1. The summed E-state index contributed by atoms with van der Waals surface area (Å²) in [5.41, 5.74) is 0. The summed E-state index contributed by atoms with van der Waals surface area (Å²) in [4.78, 5) is 12.3. The normalized spacial score (nSPS) is 15.9. The topological polar surface area (TPSA) is 62.2 Å². The van der Waals surface area contributed by atoms with Crippen LogP contribution < -0.4 is 5.19 Å². The smallest absolute Gasteiger partial charge is 0.366 e. The van der Waals surface area contributed by atoms with E-state index in [2.05, 4.69) is 0 Å². The third kappa shape index (κ3) is 7.70. The van der Waals surface area contributed by atoms with E-state index in [9.17, 15) is 9.90 Å². The van der Waals surface area contributed by atoms with Crippen molar-refractivity contribution in [3.05, 3.63) is 30.3 Å². The van der Waals surface area contributed by atoms with E-state index in [0.717, 1.165) is 5.19 Å². The van der Waals surface area contributed by atoms with Crippen molar-refractivity contribution in [1.29, 1.82) is 0 Å². The molecule has 6 heteroatoms. The number of benzene rings is 1. The van der Waals surface area contributed by atoms with Gasteiger partial charge in [0.1, 0.15) is 0 Å². The summed E-state index contributed by atoms with van der Waals surface area (Å²) in [6.45, 7) is 3.66. The Morgan fingerprint density at radius 2 is 1.86 bits per heavy atom. The van der Waals surface area contributed by atoms with Crippen LogP contribution in [-0.4, -0.2) is 69.9 Å². The van der Waals surface area contributed by atoms with Crippen molar-refractivity contribution in [2.45, 2.75) is 19.1 Å². The van der Waals surface area contributed by atoms with Gasteiger partial charge < -0.3 is 24.0 Å². The maximum Gasteiger partial charge on any atom is 0.366 e. The van der Waals surface area contributed by atoms with Crippen LogP contribution in [0.3, 0.4) is 0 Å². The minimum atomic E-state index is -2.79. The molecule has 0 amide bonds. The fraction of sp³-hybridized carbons (Fsp3) is 0.600. The highest BCUT2D eigenvalue weighted by molar-refractivity contribution is 6.78. The van der Waals surface area contributed by atoms with Gasteiger partial charge >= 0.3 is 8.56 Å². The highest BCUT2D eigenvalue weighted by atomic mass is 28.4. The van der Waals surface area contributed by atoms with Gasteiger partial charge in [-0.05, 0) is 32.2 Å². The second-order valence-electron chi connectivity index (χ2n) is 5.54. The first-order chi connectivity index (χ1) is 9.92. The largest absolute Gasteiger partial charge is 0.407 e. The Bertz CT molecular complexity index is 387. The average molecular weight is 313 g/mol. The number of ether oxygens (including phenoxy) is 1. The van der Waals surface area contributed by atoms with Crippen LogP contribution in [0.4, 0.5) is 0 Å². The van der Waals surface area contributed by atoms with Gasteiger partial charge in [0.2, 0.25) is 0 Å². The van der Waals surface area contributed by atoms with Gasteiger partial charge in [-0.2, -0.15) is 0 Å². The Morgan fingerprint density at radius 1 is 1.19 bits per heavy atom. The average Bonchev–Trinajstić information content (AvgIpc) is 2.43. The van der Waals surface area contributed by atoms with Crippen LogP contribution in [-0.2, 0) is 9.16 Å². The molecule has 0 saturated carbocycles. The molecule has 2 atom stereocenters. The van der Waals surface area contributed by atoms with E-state index in [1.807, 2.05) is 49.3 Å². The zero-order valence-corrected chi connectivity index (χ0v) is 14.2. The summed E-state index contributed by atoms with van der Waals surface area (Å²) in [6, 6.07) is 9.49. The van der Waals surface area contributed by atoms with Crippen molar-refractivity contribution >= 4 is 13.7 Å². The molecule has 0 aliphatic rings. The molecular formula is C15H27NO4Si. The zero-order valence-electron chi connectivity index (χ0n) is 13.2. The van der Waals surface area contributed by atoms with Crippen molar-refractivity contribution in [3.8, 4) is 0 Å². The summed E-state index contributed by atoms with van der Waals surface area (Å²) in [5, 5.41) is 10.5. The summed E-state index contributed by atoms with van der Waals surface area (Å²) < 4.78 is 11.0. The van der Waals surface area contributed by atoms with Crippen molar-refractivity contribution in [2.24, 2.45) is 0 Å². The number of aliphatic hydroxyl groups is 1. The molecule has 1 aromatic carbocycles.